The SMILES string of the molecule is CCCNC(COC(C)(C)C)c1cccc2c1OCCC2. The molecule has 0 bridgehead atoms. The van der Waals surface area contributed by atoms with Crippen LogP contribution < -0.4 is 10.1 Å². The zero-order chi connectivity index (χ0) is 15.3. The van der Waals surface area contributed by atoms with E-state index in [4.69, 9.17) is 9.47 Å². The Morgan fingerprint density at radius 1 is 1.33 bits per heavy atom. The third-order valence-electron chi connectivity index (χ3n) is 3.66. The fourth-order valence-electron chi connectivity index (χ4n) is 2.60. The summed E-state index contributed by atoms with van der Waals surface area (Å²) in [4.78, 5) is 0. The van der Waals surface area contributed by atoms with Gasteiger partial charge in [-0.15, -0.1) is 0 Å². The standard InChI is InChI=1S/C18H29NO2/c1-5-11-19-16(13-21-18(2,3)4)15-10-6-8-14-9-7-12-20-17(14)15/h6,8,10,16,19H,5,7,9,11-13H2,1-4H3. The van der Waals surface area contributed by atoms with E-state index in [-0.39, 0.29) is 11.6 Å². The van der Waals surface area contributed by atoms with Crippen LogP contribution in [-0.2, 0) is 11.2 Å². The Kier molecular flexibility index (Phi) is 5.65. The molecule has 1 heterocycles. The first-order valence-corrected chi connectivity index (χ1v) is 8.13. The normalized spacial score (nSPS) is 16.2. The number of aryl methyl sites for hydroxylation is 1. The maximum absolute atomic E-state index is 6.02. The molecular formula is C18H29NO2. The van der Waals surface area contributed by atoms with Gasteiger partial charge in [0, 0.05) is 5.56 Å². The molecule has 0 saturated heterocycles. The summed E-state index contributed by atoms with van der Waals surface area (Å²) in [6.45, 7) is 11.0. The average molecular weight is 291 g/mol. The molecule has 0 radical (unpaired) electrons. The third kappa shape index (κ3) is 4.72. The first-order chi connectivity index (χ1) is 10.0. The van der Waals surface area contributed by atoms with Gasteiger partial charge in [-0.05, 0) is 52.1 Å². The number of rotatable bonds is 6. The predicted octanol–water partition coefficient (Wildman–Crippen LogP) is 3.87. The Morgan fingerprint density at radius 3 is 2.86 bits per heavy atom. The van der Waals surface area contributed by atoms with E-state index >= 15 is 0 Å². The summed E-state index contributed by atoms with van der Waals surface area (Å²) >= 11 is 0. The van der Waals surface area contributed by atoms with E-state index < -0.39 is 0 Å². The van der Waals surface area contributed by atoms with Gasteiger partial charge in [-0.2, -0.15) is 0 Å². The third-order valence-corrected chi connectivity index (χ3v) is 3.66. The predicted molar refractivity (Wildman–Crippen MR) is 87.0 cm³/mol. The summed E-state index contributed by atoms with van der Waals surface area (Å²) in [5.41, 5.74) is 2.45. The van der Waals surface area contributed by atoms with Gasteiger partial charge < -0.3 is 14.8 Å². The fourth-order valence-corrected chi connectivity index (χ4v) is 2.60. The molecule has 0 aromatic heterocycles. The van der Waals surface area contributed by atoms with Gasteiger partial charge in [0.1, 0.15) is 5.75 Å². The second-order valence-electron chi connectivity index (χ2n) is 6.72. The summed E-state index contributed by atoms with van der Waals surface area (Å²) in [6, 6.07) is 6.68. The zero-order valence-corrected chi connectivity index (χ0v) is 13.9. The van der Waals surface area contributed by atoms with Crippen molar-refractivity contribution in [2.24, 2.45) is 0 Å². The van der Waals surface area contributed by atoms with E-state index in [9.17, 15) is 0 Å². The highest BCUT2D eigenvalue weighted by Gasteiger charge is 2.22. The molecule has 0 aliphatic carbocycles. The van der Waals surface area contributed by atoms with Crippen LogP contribution in [0.25, 0.3) is 0 Å². The largest absolute Gasteiger partial charge is 0.493 e. The van der Waals surface area contributed by atoms with E-state index in [0.29, 0.717) is 6.61 Å². The molecular weight excluding hydrogens is 262 g/mol. The Morgan fingerprint density at radius 2 is 2.14 bits per heavy atom. The Balaban J connectivity index is 2.19. The summed E-state index contributed by atoms with van der Waals surface area (Å²) in [7, 11) is 0. The van der Waals surface area contributed by atoms with Gasteiger partial charge in [-0.1, -0.05) is 25.1 Å². The van der Waals surface area contributed by atoms with Crippen LogP contribution in [0.2, 0.25) is 0 Å². The van der Waals surface area contributed by atoms with Crippen LogP contribution in [0.3, 0.4) is 0 Å². The first-order valence-electron chi connectivity index (χ1n) is 8.13. The second-order valence-corrected chi connectivity index (χ2v) is 6.72. The number of para-hydroxylation sites is 1. The van der Waals surface area contributed by atoms with Crippen molar-refractivity contribution in [2.45, 2.75) is 58.6 Å². The van der Waals surface area contributed by atoms with Gasteiger partial charge in [0.05, 0.1) is 24.9 Å². The first kappa shape index (κ1) is 16.3. The molecule has 1 aliphatic rings. The molecule has 3 nitrogen and oxygen atoms in total. The minimum atomic E-state index is -0.123. The lowest BCUT2D eigenvalue weighted by molar-refractivity contribution is -0.0151. The lowest BCUT2D eigenvalue weighted by Crippen LogP contribution is -2.31. The molecule has 1 aromatic carbocycles. The topological polar surface area (TPSA) is 30.5 Å². The van der Waals surface area contributed by atoms with E-state index in [2.05, 4.69) is 51.2 Å². The van der Waals surface area contributed by atoms with Crippen molar-refractivity contribution in [3.05, 3.63) is 29.3 Å². The second kappa shape index (κ2) is 7.28. The van der Waals surface area contributed by atoms with Crippen LogP contribution in [0.5, 0.6) is 5.75 Å². The van der Waals surface area contributed by atoms with E-state index in [0.717, 1.165) is 38.2 Å². The molecule has 3 heteroatoms. The maximum Gasteiger partial charge on any atom is 0.127 e. The summed E-state index contributed by atoms with van der Waals surface area (Å²) in [5.74, 6) is 1.08. The van der Waals surface area contributed by atoms with E-state index in [1.54, 1.807) is 0 Å². The van der Waals surface area contributed by atoms with Crippen LogP contribution in [0.15, 0.2) is 18.2 Å². The fraction of sp³-hybridized carbons (Fsp3) is 0.667. The van der Waals surface area contributed by atoms with Crippen LogP contribution in [0.4, 0.5) is 0 Å². The molecule has 21 heavy (non-hydrogen) atoms. The number of nitrogens with one attached hydrogen (secondary N) is 1. The molecule has 0 amide bonds. The lowest BCUT2D eigenvalue weighted by atomic mass is 9.98. The molecule has 1 N–H and O–H groups in total. The Bertz CT molecular complexity index is 451. The van der Waals surface area contributed by atoms with Gasteiger partial charge in [-0.3, -0.25) is 0 Å². The Hall–Kier alpha value is -1.06. The monoisotopic (exact) mass is 291 g/mol. The van der Waals surface area contributed by atoms with Crippen molar-refractivity contribution in [3.8, 4) is 5.75 Å². The lowest BCUT2D eigenvalue weighted by Gasteiger charge is -2.28. The van der Waals surface area contributed by atoms with Crippen molar-refractivity contribution in [1.82, 2.24) is 5.32 Å². The van der Waals surface area contributed by atoms with Gasteiger partial charge in [-0.25, -0.2) is 0 Å². The summed E-state index contributed by atoms with van der Waals surface area (Å²) in [5, 5.41) is 3.60. The van der Waals surface area contributed by atoms with Gasteiger partial charge in [0.2, 0.25) is 0 Å². The van der Waals surface area contributed by atoms with Crippen molar-refractivity contribution < 1.29 is 9.47 Å². The quantitative estimate of drug-likeness (QED) is 0.863. The molecule has 1 aromatic rings. The summed E-state index contributed by atoms with van der Waals surface area (Å²) < 4.78 is 12.0. The molecule has 118 valence electrons. The molecule has 0 saturated carbocycles. The minimum absolute atomic E-state index is 0.123. The van der Waals surface area contributed by atoms with E-state index in [1.165, 1.54) is 11.1 Å². The maximum atomic E-state index is 6.02. The number of hydrogen-bond donors (Lipinski definition) is 1. The Labute approximate surface area is 129 Å². The number of benzene rings is 1. The van der Waals surface area contributed by atoms with Gasteiger partial charge in [0.15, 0.2) is 0 Å². The highest BCUT2D eigenvalue weighted by Crippen LogP contribution is 2.33. The number of hydrogen-bond acceptors (Lipinski definition) is 3. The van der Waals surface area contributed by atoms with Gasteiger partial charge >= 0.3 is 0 Å². The molecule has 0 spiro atoms. The molecule has 0 fully saturated rings. The zero-order valence-electron chi connectivity index (χ0n) is 13.9. The smallest absolute Gasteiger partial charge is 0.127 e. The van der Waals surface area contributed by atoms with Crippen LogP contribution in [0.1, 0.15) is 57.7 Å². The highest BCUT2D eigenvalue weighted by molar-refractivity contribution is 5.44. The van der Waals surface area contributed by atoms with Crippen LogP contribution >= 0.6 is 0 Å². The van der Waals surface area contributed by atoms with Crippen molar-refractivity contribution in [1.29, 1.82) is 0 Å². The molecule has 1 aliphatic heterocycles. The van der Waals surface area contributed by atoms with Crippen molar-refractivity contribution in [3.63, 3.8) is 0 Å². The van der Waals surface area contributed by atoms with Crippen LogP contribution in [-0.4, -0.2) is 25.4 Å². The van der Waals surface area contributed by atoms with Crippen molar-refractivity contribution in [2.75, 3.05) is 19.8 Å². The molecule has 1 unspecified atom stereocenters. The van der Waals surface area contributed by atoms with E-state index in [1.807, 2.05) is 0 Å². The van der Waals surface area contributed by atoms with Gasteiger partial charge in [0.25, 0.3) is 0 Å². The molecule has 1 atom stereocenters. The highest BCUT2D eigenvalue weighted by atomic mass is 16.5. The average Bonchev–Trinajstić information content (AvgIpc) is 2.46. The van der Waals surface area contributed by atoms with Crippen molar-refractivity contribution >= 4 is 0 Å². The van der Waals surface area contributed by atoms with Crippen LogP contribution in [0, 0.1) is 0 Å². The minimum Gasteiger partial charge on any atom is -0.493 e. The molecule has 2 rings (SSSR count). The summed E-state index contributed by atoms with van der Waals surface area (Å²) in [6.07, 6.45) is 3.34. The number of fused-ring (bicyclic) bond motifs is 1. The number of ether oxygens (including phenoxy) is 2.